The first-order valence-corrected chi connectivity index (χ1v) is 13.0. The Morgan fingerprint density at radius 3 is 2.62 bits per heavy atom. The van der Waals surface area contributed by atoms with Gasteiger partial charge in [-0.3, -0.25) is 14.6 Å². The Balaban J connectivity index is 1.46. The Morgan fingerprint density at radius 2 is 1.91 bits per heavy atom. The number of para-hydroxylation sites is 1. The molecule has 0 N–H and O–H groups in total. The maximum atomic E-state index is 13.4. The summed E-state index contributed by atoms with van der Waals surface area (Å²) >= 11 is 3.44. The second kappa shape index (κ2) is 11.3. The molecular formula is C25H31N3O2S2. The fourth-order valence-electron chi connectivity index (χ4n) is 3.81. The molecule has 5 nitrogen and oxygen atoms in total. The number of aromatic nitrogens is 1. The first-order valence-electron chi connectivity index (χ1n) is 11.3. The van der Waals surface area contributed by atoms with E-state index in [1.54, 1.807) is 11.3 Å². The molecule has 2 heterocycles. The van der Waals surface area contributed by atoms with Gasteiger partial charge in [0.1, 0.15) is 0 Å². The van der Waals surface area contributed by atoms with Gasteiger partial charge >= 0.3 is 0 Å². The molecule has 170 valence electrons. The molecule has 1 saturated heterocycles. The number of thiazole rings is 1. The second-order valence-corrected chi connectivity index (χ2v) is 11.0. The van der Waals surface area contributed by atoms with Crippen LogP contribution in [0, 0.1) is 0 Å². The highest BCUT2D eigenvalue weighted by molar-refractivity contribution is 7.99. The molecule has 0 spiro atoms. The van der Waals surface area contributed by atoms with Gasteiger partial charge in [0.15, 0.2) is 5.13 Å². The lowest BCUT2D eigenvalue weighted by molar-refractivity contribution is -0.118. The average molecular weight is 470 g/mol. The summed E-state index contributed by atoms with van der Waals surface area (Å²) in [5.41, 5.74) is 2.00. The van der Waals surface area contributed by atoms with E-state index in [2.05, 4.69) is 49.1 Å². The van der Waals surface area contributed by atoms with E-state index in [0.717, 1.165) is 60.2 Å². The summed E-state index contributed by atoms with van der Waals surface area (Å²) in [6.45, 7) is 9.56. The molecule has 0 unspecified atom stereocenters. The summed E-state index contributed by atoms with van der Waals surface area (Å²) in [5, 5.41) is 1.34. The molecule has 0 atom stereocenters. The zero-order valence-electron chi connectivity index (χ0n) is 18.8. The van der Waals surface area contributed by atoms with Crippen molar-refractivity contribution in [2.24, 2.45) is 0 Å². The van der Waals surface area contributed by atoms with Gasteiger partial charge in [-0.1, -0.05) is 49.4 Å². The van der Waals surface area contributed by atoms with Crippen molar-refractivity contribution in [1.29, 1.82) is 0 Å². The van der Waals surface area contributed by atoms with Crippen molar-refractivity contribution in [2.75, 3.05) is 44.3 Å². The number of nitrogens with zero attached hydrogens (tertiary/aromatic N) is 3. The normalized spacial score (nSPS) is 14.8. The zero-order chi connectivity index (χ0) is 22.3. The summed E-state index contributed by atoms with van der Waals surface area (Å²) in [5.74, 6) is 0.107. The summed E-state index contributed by atoms with van der Waals surface area (Å²) in [4.78, 5) is 23.7. The van der Waals surface area contributed by atoms with E-state index in [1.165, 1.54) is 4.90 Å². The first-order chi connectivity index (χ1) is 15.6. The van der Waals surface area contributed by atoms with Gasteiger partial charge < -0.3 is 4.74 Å². The third-order valence-corrected chi connectivity index (χ3v) is 7.50. The van der Waals surface area contributed by atoms with Crippen LogP contribution in [0.5, 0.6) is 0 Å². The number of benzene rings is 2. The van der Waals surface area contributed by atoms with Gasteiger partial charge in [0.05, 0.1) is 29.9 Å². The van der Waals surface area contributed by atoms with Crippen molar-refractivity contribution in [3.05, 3.63) is 54.1 Å². The smallest absolute Gasteiger partial charge is 0.233 e. The SMILES string of the molecule is CC(C)Sc1ccc(CC(=O)N(CCCN2CCOCC2)c2nc3ccccc3s2)cc1. The van der Waals surface area contributed by atoms with Crippen LogP contribution in [0.15, 0.2) is 53.4 Å². The van der Waals surface area contributed by atoms with E-state index in [9.17, 15) is 4.79 Å². The molecule has 1 aliphatic heterocycles. The number of carbonyl (C=O) groups is 1. The minimum Gasteiger partial charge on any atom is -0.379 e. The fourth-order valence-corrected chi connectivity index (χ4v) is 5.65. The highest BCUT2D eigenvalue weighted by atomic mass is 32.2. The van der Waals surface area contributed by atoms with Gasteiger partial charge in [-0.05, 0) is 36.2 Å². The molecule has 4 rings (SSSR count). The van der Waals surface area contributed by atoms with Crippen LogP contribution in [0.2, 0.25) is 0 Å². The number of fused-ring (bicyclic) bond motifs is 1. The Bertz CT molecular complexity index is 980. The Hall–Kier alpha value is -1.93. The highest BCUT2D eigenvalue weighted by Crippen LogP contribution is 2.29. The van der Waals surface area contributed by atoms with E-state index >= 15 is 0 Å². The lowest BCUT2D eigenvalue weighted by Gasteiger charge is -2.27. The number of rotatable bonds is 9. The summed E-state index contributed by atoms with van der Waals surface area (Å²) in [7, 11) is 0. The zero-order valence-corrected chi connectivity index (χ0v) is 20.5. The maximum Gasteiger partial charge on any atom is 0.233 e. The number of anilines is 1. The summed E-state index contributed by atoms with van der Waals surface area (Å²) < 4.78 is 6.56. The molecule has 1 aliphatic rings. The van der Waals surface area contributed by atoms with Crippen molar-refractivity contribution >= 4 is 44.4 Å². The number of hydrogen-bond acceptors (Lipinski definition) is 6. The van der Waals surface area contributed by atoms with Crippen molar-refractivity contribution in [3.8, 4) is 0 Å². The second-order valence-electron chi connectivity index (χ2n) is 8.30. The average Bonchev–Trinajstić information content (AvgIpc) is 3.22. The molecule has 1 amide bonds. The molecule has 0 aliphatic carbocycles. The molecule has 7 heteroatoms. The van der Waals surface area contributed by atoms with Gasteiger partial charge in [-0.25, -0.2) is 4.98 Å². The fraction of sp³-hybridized carbons (Fsp3) is 0.440. The van der Waals surface area contributed by atoms with Crippen LogP contribution in [0.1, 0.15) is 25.8 Å². The molecule has 0 bridgehead atoms. The molecule has 1 aromatic heterocycles. The molecular weight excluding hydrogens is 438 g/mol. The number of morpholine rings is 1. The molecule has 32 heavy (non-hydrogen) atoms. The third kappa shape index (κ3) is 6.32. The van der Waals surface area contributed by atoms with Crippen molar-refractivity contribution in [1.82, 2.24) is 9.88 Å². The summed E-state index contributed by atoms with van der Waals surface area (Å²) in [6, 6.07) is 16.5. The highest BCUT2D eigenvalue weighted by Gasteiger charge is 2.21. The van der Waals surface area contributed by atoms with Crippen LogP contribution in [-0.4, -0.2) is 60.4 Å². The van der Waals surface area contributed by atoms with Gasteiger partial charge in [-0.2, -0.15) is 0 Å². The van der Waals surface area contributed by atoms with Crippen molar-refractivity contribution in [2.45, 2.75) is 36.8 Å². The van der Waals surface area contributed by atoms with Gasteiger partial charge in [0, 0.05) is 36.3 Å². The molecule has 3 aromatic rings. The van der Waals surface area contributed by atoms with Crippen molar-refractivity contribution < 1.29 is 9.53 Å². The first kappa shape index (κ1) is 23.2. The van der Waals surface area contributed by atoms with Crippen LogP contribution < -0.4 is 4.90 Å². The van der Waals surface area contributed by atoms with E-state index in [0.29, 0.717) is 18.2 Å². The van der Waals surface area contributed by atoms with Crippen LogP contribution in [-0.2, 0) is 16.0 Å². The summed E-state index contributed by atoms with van der Waals surface area (Å²) in [6.07, 6.45) is 1.31. The van der Waals surface area contributed by atoms with Crippen LogP contribution in [0.3, 0.4) is 0 Å². The third-order valence-electron chi connectivity index (χ3n) is 5.42. The Kier molecular flexibility index (Phi) is 8.19. The molecule has 0 radical (unpaired) electrons. The predicted molar refractivity (Wildman–Crippen MR) is 135 cm³/mol. The number of ether oxygens (including phenoxy) is 1. The maximum absolute atomic E-state index is 13.4. The van der Waals surface area contributed by atoms with E-state index < -0.39 is 0 Å². The lowest BCUT2D eigenvalue weighted by Crippen LogP contribution is -2.39. The standard InChI is InChI=1S/C25H31N3O2S2/c1-19(2)31-21-10-8-20(9-11-21)18-24(29)28(13-5-12-27-14-16-30-17-15-27)25-26-22-6-3-4-7-23(22)32-25/h3-4,6-11,19H,5,12-18H2,1-2H3. The van der Waals surface area contributed by atoms with Gasteiger partial charge in [-0.15, -0.1) is 11.8 Å². The number of amides is 1. The van der Waals surface area contributed by atoms with E-state index in [4.69, 9.17) is 9.72 Å². The number of hydrogen-bond donors (Lipinski definition) is 0. The minimum atomic E-state index is 0.107. The quantitative estimate of drug-likeness (QED) is 0.408. The Labute approximate surface area is 198 Å². The lowest BCUT2D eigenvalue weighted by atomic mass is 10.1. The van der Waals surface area contributed by atoms with Gasteiger partial charge in [0.2, 0.25) is 5.91 Å². The topological polar surface area (TPSA) is 45.7 Å². The van der Waals surface area contributed by atoms with Gasteiger partial charge in [0.25, 0.3) is 0 Å². The van der Waals surface area contributed by atoms with Crippen LogP contribution in [0.25, 0.3) is 10.2 Å². The Morgan fingerprint density at radius 1 is 1.16 bits per heavy atom. The number of carbonyl (C=O) groups excluding carboxylic acids is 1. The predicted octanol–water partition coefficient (Wildman–Crippen LogP) is 5.09. The minimum absolute atomic E-state index is 0.107. The largest absolute Gasteiger partial charge is 0.379 e. The number of thioether (sulfide) groups is 1. The monoisotopic (exact) mass is 469 g/mol. The van der Waals surface area contributed by atoms with E-state index in [1.807, 2.05) is 34.9 Å². The molecule has 1 fully saturated rings. The molecule has 0 saturated carbocycles. The molecule has 2 aromatic carbocycles. The van der Waals surface area contributed by atoms with Crippen LogP contribution in [0.4, 0.5) is 5.13 Å². The van der Waals surface area contributed by atoms with E-state index in [-0.39, 0.29) is 5.91 Å². The van der Waals surface area contributed by atoms with Crippen molar-refractivity contribution in [3.63, 3.8) is 0 Å². The van der Waals surface area contributed by atoms with Crippen LogP contribution >= 0.6 is 23.1 Å².